The van der Waals surface area contributed by atoms with Crippen LogP contribution in [0.5, 0.6) is 0 Å². The van der Waals surface area contributed by atoms with Gasteiger partial charge in [0.15, 0.2) is 0 Å². The standard InChI is InChI=1S/C20H21ClN2/c1-22-10-12-23(13-11-22)14-19-15-6-2-4-8-17(15)20(21)18-9-5-3-7-16(18)19/h2-9H,10-14H2,1H3/p+2. The van der Waals surface area contributed by atoms with Crippen LogP contribution in [0, 0.1) is 0 Å². The number of likely N-dealkylation sites (N-methyl/N-ethyl adjacent to an activating group) is 1. The maximum absolute atomic E-state index is 6.70. The van der Waals surface area contributed by atoms with E-state index in [9.17, 15) is 0 Å². The second-order valence-electron chi connectivity index (χ2n) is 6.77. The smallest absolute Gasteiger partial charge is 0.127 e. The molecule has 3 heteroatoms. The number of hydrogen-bond donors (Lipinski definition) is 2. The molecule has 1 aliphatic rings. The van der Waals surface area contributed by atoms with E-state index in [4.69, 9.17) is 11.6 Å². The van der Waals surface area contributed by atoms with Gasteiger partial charge in [0, 0.05) is 16.3 Å². The van der Waals surface area contributed by atoms with Gasteiger partial charge in [-0.3, -0.25) is 0 Å². The summed E-state index contributed by atoms with van der Waals surface area (Å²) in [6.45, 7) is 6.11. The molecule has 0 saturated carbocycles. The van der Waals surface area contributed by atoms with Gasteiger partial charge in [-0.1, -0.05) is 60.1 Å². The van der Waals surface area contributed by atoms with Crippen molar-refractivity contribution < 1.29 is 9.80 Å². The molecular formula is C20H23ClN2+2. The Morgan fingerprint density at radius 3 is 1.78 bits per heavy atom. The van der Waals surface area contributed by atoms with Crippen molar-refractivity contribution in [2.24, 2.45) is 0 Å². The van der Waals surface area contributed by atoms with Gasteiger partial charge in [-0.25, -0.2) is 0 Å². The topological polar surface area (TPSA) is 8.88 Å². The predicted octanol–water partition coefficient (Wildman–Crippen LogP) is 1.56. The Hall–Kier alpha value is -1.61. The van der Waals surface area contributed by atoms with E-state index in [1.807, 2.05) is 0 Å². The molecule has 0 spiro atoms. The van der Waals surface area contributed by atoms with Gasteiger partial charge in [-0.05, 0) is 10.8 Å². The summed E-state index contributed by atoms with van der Waals surface area (Å²) >= 11 is 6.70. The summed E-state index contributed by atoms with van der Waals surface area (Å²) in [6, 6.07) is 17.2. The molecule has 2 nitrogen and oxygen atoms in total. The third kappa shape index (κ3) is 2.72. The average Bonchev–Trinajstić information content (AvgIpc) is 2.60. The van der Waals surface area contributed by atoms with Gasteiger partial charge in [-0.2, -0.15) is 0 Å². The summed E-state index contributed by atoms with van der Waals surface area (Å²) in [6.07, 6.45) is 0. The molecule has 1 aliphatic heterocycles. The molecule has 3 aromatic rings. The van der Waals surface area contributed by atoms with Crippen molar-refractivity contribution in [3.05, 3.63) is 59.1 Å². The minimum atomic E-state index is 0.887. The Labute approximate surface area is 142 Å². The Balaban J connectivity index is 1.87. The van der Waals surface area contributed by atoms with E-state index in [1.54, 1.807) is 9.80 Å². The van der Waals surface area contributed by atoms with Gasteiger partial charge in [0.25, 0.3) is 0 Å². The lowest BCUT2D eigenvalue weighted by atomic mass is 9.96. The Bertz CT molecular complexity index is 794. The molecule has 2 N–H and O–H groups in total. The van der Waals surface area contributed by atoms with Gasteiger partial charge < -0.3 is 9.80 Å². The summed E-state index contributed by atoms with van der Waals surface area (Å²) < 4.78 is 0. The molecule has 0 atom stereocenters. The van der Waals surface area contributed by atoms with Crippen molar-refractivity contribution in [1.29, 1.82) is 0 Å². The number of piperazine rings is 1. The van der Waals surface area contributed by atoms with E-state index in [2.05, 4.69) is 55.6 Å². The van der Waals surface area contributed by atoms with Gasteiger partial charge in [-0.15, -0.1) is 0 Å². The number of nitrogens with one attached hydrogen (secondary N) is 2. The van der Waals surface area contributed by atoms with Crippen LogP contribution in [0.25, 0.3) is 21.5 Å². The lowest BCUT2D eigenvalue weighted by Gasteiger charge is -2.28. The van der Waals surface area contributed by atoms with E-state index in [-0.39, 0.29) is 0 Å². The highest BCUT2D eigenvalue weighted by Gasteiger charge is 2.22. The SMILES string of the molecule is C[NH+]1CC[NH+](Cc2c3ccccc3c(Cl)c3ccccc23)CC1. The molecule has 0 unspecified atom stereocenters. The lowest BCUT2D eigenvalue weighted by molar-refractivity contribution is -1.01. The van der Waals surface area contributed by atoms with Gasteiger partial charge >= 0.3 is 0 Å². The molecule has 1 saturated heterocycles. The number of rotatable bonds is 2. The summed E-state index contributed by atoms with van der Waals surface area (Å²) in [5.41, 5.74) is 1.45. The quantitative estimate of drug-likeness (QED) is 0.661. The van der Waals surface area contributed by atoms with Crippen LogP contribution in [0.1, 0.15) is 5.56 Å². The van der Waals surface area contributed by atoms with Crippen LogP contribution in [-0.2, 0) is 6.54 Å². The van der Waals surface area contributed by atoms with Crippen molar-refractivity contribution in [3.63, 3.8) is 0 Å². The Morgan fingerprint density at radius 2 is 1.26 bits per heavy atom. The molecule has 0 bridgehead atoms. The maximum Gasteiger partial charge on any atom is 0.127 e. The van der Waals surface area contributed by atoms with Crippen LogP contribution in [0.4, 0.5) is 0 Å². The number of hydrogen-bond acceptors (Lipinski definition) is 0. The van der Waals surface area contributed by atoms with Crippen LogP contribution in [0.15, 0.2) is 48.5 Å². The number of quaternary nitrogens is 2. The van der Waals surface area contributed by atoms with Crippen molar-refractivity contribution in [1.82, 2.24) is 0 Å². The van der Waals surface area contributed by atoms with Crippen molar-refractivity contribution in [3.8, 4) is 0 Å². The normalized spacial score (nSPS) is 21.8. The van der Waals surface area contributed by atoms with E-state index < -0.39 is 0 Å². The predicted molar refractivity (Wildman–Crippen MR) is 97.5 cm³/mol. The Kier molecular flexibility index (Phi) is 3.98. The molecule has 0 radical (unpaired) electrons. The fraction of sp³-hybridized carbons (Fsp3) is 0.300. The molecule has 0 aliphatic carbocycles. The monoisotopic (exact) mass is 326 g/mol. The maximum atomic E-state index is 6.70. The van der Waals surface area contributed by atoms with E-state index >= 15 is 0 Å². The largest absolute Gasteiger partial charge is 0.328 e. The van der Waals surface area contributed by atoms with E-state index in [0.717, 1.165) is 11.6 Å². The minimum absolute atomic E-state index is 0.887. The first-order valence-corrected chi connectivity index (χ1v) is 8.84. The molecule has 4 rings (SSSR count). The third-order valence-electron chi connectivity index (χ3n) is 5.21. The van der Waals surface area contributed by atoms with Crippen LogP contribution in [0.2, 0.25) is 5.02 Å². The molecular weight excluding hydrogens is 304 g/mol. The van der Waals surface area contributed by atoms with E-state index in [0.29, 0.717) is 0 Å². The molecule has 0 aromatic heterocycles. The van der Waals surface area contributed by atoms with Crippen LogP contribution in [-0.4, -0.2) is 33.2 Å². The minimum Gasteiger partial charge on any atom is -0.328 e. The van der Waals surface area contributed by atoms with Crippen molar-refractivity contribution in [2.45, 2.75) is 6.54 Å². The first-order chi connectivity index (χ1) is 11.2. The fourth-order valence-corrected chi connectivity index (χ4v) is 4.14. The number of fused-ring (bicyclic) bond motifs is 2. The van der Waals surface area contributed by atoms with Crippen LogP contribution < -0.4 is 9.80 Å². The number of halogens is 1. The third-order valence-corrected chi connectivity index (χ3v) is 5.62. The van der Waals surface area contributed by atoms with Gasteiger partial charge in [0.1, 0.15) is 32.7 Å². The molecule has 1 heterocycles. The second kappa shape index (κ2) is 6.12. The summed E-state index contributed by atoms with van der Waals surface area (Å²) in [7, 11) is 2.30. The number of benzene rings is 3. The van der Waals surface area contributed by atoms with Gasteiger partial charge in [0.05, 0.1) is 12.1 Å². The van der Waals surface area contributed by atoms with Crippen LogP contribution in [0.3, 0.4) is 0 Å². The van der Waals surface area contributed by atoms with E-state index in [1.165, 1.54) is 53.3 Å². The first-order valence-electron chi connectivity index (χ1n) is 8.47. The highest BCUT2D eigenvalue weighted by atomic mass is 35.5. The highest BCUT2D eigenvalue weighted by Crippen LogP contribution is 2.35. The zero-order valence-corrected chi connectivity index (χ0v) is 14.3. The molecule has 23 heavy (non-hydrogen) atoms. The Morgan fingerprint density at radius 1 is 0.783 bits per heavy atom. The summed E-state index contributed by atoms with van der Waals surface area (Å²) in [5, 5.41) is 5.88. The molecule has 1 fully saturated rings. The zero-order valence-electron chi connectivity index (χ0n) is 13.5. The summed E-state index contributed by atoms with van der Waals surface area (Å²) in [5.74, 6) is 0. The van der Waals surface area contributed by atoms with Gasteiger partial charge in [0.2, 0.25) is 0 Å². The molecule has 0 amide bonds. The first kappa shape index (κ1) is 14.9. The molecule has 118 valence electrons. The van der Waals surface area contributed by atoms with Crippen molar-refractivity contribution in [2.75, 3.05) is 33.2 Å². The average molecular weight is 327 g/mol. The molecule has 3 aromatic carbocycles. The van der Waals surface area contributed by atoms with Crippen molar-refractivity contribution >= 4 is 33.1 Å². The highest BCUT2D eigenvalue weighted by molar-refractivity contribution is 6.41. The second-order valence-corrected chi connectivity index (χ2v) is 7.15. The van der Waals surface area contributed by atoms with Crippen LogP contribution >= 0.6 is 11.6 Å². The zero-order chi connectivity index (χ0) is 15.8. The summed E-state index contributed by atoms with van der Waals surface area (Å²) in [4.78, 5) is 3.34. The lowest BCUT2D eigenvalue weighted by Crippen LogP contribution is -3.26. The fourth-order valence-electron chi connectivity index (χ4n) is 3.81.